The van der Waals surface area contributed by atoms with Crippen LogP contribution >= 0.6 is 35.0 Å². The molecule has 1 heterocycles. The lowest BCUT2D eigenvalue weighted by Crippen LogP contribution is -2.15. The van der Waals surface area contributed by atoms with E-state index in [1.54, 1.807) is 24.5 Å². The minimum absolute atomic E-state index is 0.0285. The fourth-order valence-electron chi connectivity index (χ4n) is 2.35. The Morgan fingerprint density at radius 2 is 1.78 bits per heavy atom. The molecule has 27 heavy (non-hydrogen) atoms. The molecule has 0 spiro atoms. The second-order valence-corrected chi connectivity index (χ2v) is 8.85. The number of nitrogens with zero attached hydrogens (tertiary/aromatic N) is 1. The third kappa shape index (κ3) is 3.98. The standard InChI is InChI=1S/C17H13Cl2N3O3S2/c1-26-17-14(27(24,25)11-8-6-10(18)7-9-11)15(21-22-17)20-16(23)12-4-2-3-5-13(12)19/h2-9H,1H3,(H2,20,21,22,23). The number of carbonyl (C=O) groups excluding carboxylic acids is 1. The van der Waals surface area contributed by atoms with Gasteiger partial charge in [-0.05, 0) is 42.7 Å². The molecule has 0 radical (unpaired) electrons. The number of H-pyrrole nitrogens is 1. The highest BCUT2D eigenvalue weighted by Crippen LogP contribution is 2.34. The van der Waals surface area contributed by atoms with Gasteiger partial charge in [0.15, 0.2) is 0 Å². The Balaban J connectivity index is 2.04. The van der Waals surface area contributed by atoms with Crippen molar-refractivity contribution in [2.75, 3.05) is 11.6 Å². The molecular formula is C17H13Cl2N3O3S2. The number of aromatic nitrogens is 2. The Bertz CT molecular complexity index is 1100. The second-order valence-electron chi connectivity index (χ2n) is 5.33. The van der Waals surface area contributed by atoms with E-state index in [9.17, 15) is 13.2 Å². The van der Waals surface area contributed by atoms with Gasteiger partial charge >= 0.3 is 0 Å². The number of rotatable bonds is 5. The Morgan fingerprint density at radius 1 is 1.11 bits per heavy atom. The maximum absolute atomic E-state index is 13.1. The maximum atomic E-state index is 13.1. The van der Waals surface area contributed by atoms with Gasteiger partial charge in [0.25, 0.3) is 5.91 Å². The first-order valence-electron chi connectivity index (χ1n) is 7.53. The largest absolute Gasteiger partial charge is 0.306 e. The first-order valence-corrected chi connectivity index (χ1v) is 11.0. The van der Waals surface area contributed by atoms with Crippen LogP contribution in [0.2, 0.25) is 10.0 Å². The number of hydrogen-bond donors (Lipinski definition) is 2. The second kappa shape index (κ2) is 7.93. The minimum Gasteiger partial charge on any atom is -0.306 e. The molecule has 1 aromatic heterocycles. The van der Waals surface area contributed by atoms with Gasteiger partial charge in [0, 0.05) is 5.02 Å². The Labute approximate surface area is 170 Å². The number of amides is 1. The molecule has 0 unspecified atom stereocenters. The number of carbonyl (C=O) groups is 1. The van der Waals surface area contributed by atoms with Gasteiger partial charge in [0.05, 0.1) is 15.5 Å². The van der Waals surface area contributed by atoms with Crippen LogP contribution in [0.4, 0.5) is 5.82 Å². The summed E-state index contributed by atoms with van der Waals surface area (Å²) in [5.41, 5.74) is 0.217. The van der Waals surface area contributed by atoms with Crippen LogP contribution in [-0.2, 0) is 9.84 Å². The van der Waals surface area contributed by atoms with Crippen molar-refractivity contribution in [3.63, 3.8) is 0 Å². The van der Waals surface area contributed by atoms with Gasteiger partial charge in [0.1, 0.15) is 15.7 Å². The molecule has 0 aliphatic heterocycles. The van der Waals surface area contributed by atoms with Gasteiger partial charge < -0.3 is 5.32 Å². The summed E-state index contributed by atoms with van der Waals surface area (Å²) in [7, 11) is -3.94. The van der Waals surface area contributed by atoms with Crippen molar-refractivity contribution in [1.82, 2.24) is 10.2 Å². The summed E-state index contributed by atoms with van der Waals surface area (Å²) in [6.07, 6.45) is 1.69. The third-order valence-electron chi connectivity index (χ3n) is 3.63. The summed E-state index contributed by atoms with van der Waals surface area (Å²) in [5, 5.41) is 10.0. The summed E-state index contributed by atoms with van der Waals surface area (Å²) in [4.78, 5) is 12.5. The van der Waals surface area contributed by atoms with Gasteiger partial charge in [-0.15, -0.1) is 11.8 Å². The van der Waals surface area contributed by atoms with E-state index < -0.39 is 15.7 Å². The van der Waals surface area contributed by atoms with Crippen molar-refractivity contribution in [3.05, 3.63) is 64.1 Å². The summed E-state index contributed by atoms with van der Waals surface area (Å²) in [5.74, 6) is -0.580. The zero-order valence-electron chi connectivity index (χ0n) is 13.9. The van der Waals surface area contributed by atoms with Crippen LogP contribution < -0.4 is 5.32 Å². The first-order chi connectivity index (χ1) is 12.8. The van der Waals surface area contributed by atoms with Crippen LogP contribution in [0.15, 0.2) is 63.3 Å². The molecule has 0 saturated heterocycles. The van der Waals surface area contributed by atoms with E-state index in [4.69, 9.17) is 23.2 Å². The summed E-state index contributed by atoms with van der Waals surface area (Å²) in [6.45, 7) is 0. The number of sulfone groups is 1. The van der Waals surface area contributed by atoms with Crippen LogP contribution in [0, 0.1) is 0 Å². The molecule has 0 bridgehead atoms. The molecule has 3 aromatic rings. The van der Waals surface area contributed by atoms with Gasteiger partial charge in [-0.2, -0.15) is 5.10 Å². The topological polar surface area (TPSA) is 91.9 Å². The van der Waals surface area contributed by atoms with Gasteiger partial charge in [-0.3, -0.25) is 9.89 Å². The van der Waals surface area contributed by atoms with Crippen LogP contribution in [-0.4, -0.2) is 30.8 Å². The highest BCUT2D eigenvalue weighted by Gasteiger charge is 2.29. The van der Waals surface area contributed by atoms with Crippen LogP contribution in [0.3, 0.4) is 0 Å². The Hall–Kier alpha value is -2.00. The van der Waals surface area contributed by atoms with E-state index >= 15 is 0 Å². The number of nitrogens with one attached hydrogen (secondary N) is 2. The lowest BCUT2D eigenvalue weighted by Gasteiger charge is -2.09. The minimum atomic E-state index is -3.94. The molecular weight excluding hydrogens is 429 g/mol. The molecule has 10 heteroatoms. The SMILES string of the molecule is CSc1n[nH]c(NC(=O)c2ccccc2Cl)c1S(=O)(=O)c1ccc(Cl)cc1. The van der Waals surface area contributed by atoms with E-state index in [2.05, 4.69) is 15.5 Å². The lowest BCUT2D eigenvalue weighted by atomic mass is 10.2. The lowest BCUT2D eigenvalue weighted by molar-refractivity contribution is 0.102. The predicted octanol–water partition coefficient (Wildman–Crippen LogP) is 4.52. The highest BCUT2D eigenvalue weighted by molar-refractivity contribution is 7.99. The Morgan fingerprint density at radius 3 is 2.41 bits per heavy atom. The molecule has 0 aliphatic rings. The number of halogens is 2. The van der Waals surface area contributed by atoms with Gasteiger partial charge in [-0.25, -0.2) is 8.42 Å². The van der Waals surface area contributed by atoms with E-state index in [-0.39, 0.29) is 31.2 Å². The van der Waals surface area contributed by atoms with Crippen molar-refractivity contribution in [2.45, 2.75) is 14.8 Å². The third-order valence-corrected chi connectivity index (χ3v) is 6.85. The van der Waals surface area contributed by atoms with Crippen LogP contribution in [0.25, 0.3) is 0 Å². The van der Waals surface area contributed by atoms with Crippen LogP contribution in [0.1, 0.15) is 10.4 Å². The average Bonchev–Trinajstić information content (AvgIpc) is 3.05. The van der Waals surface area contributed by atoms with E-state index in [0.717, 1.165) is 11.8 Å². The molecule has 6 nitrogen and oxygen atoms in total. The van der Waals surface area contributed by atoms with Crippen molar-refractivity contribution in [1.29, 1.82) is 0 Å². The number of benzene rings is 2. The zero-order valence-corrected chi connectivity index (χ0v) is 17.0. The number of aromatic amines is 1. The van der Waals surface area contributed by atoms with Crippen LogP contribution in [0.5, 0.6) is 0 Å². The predicted molar refractivity (Wildman–Crippen MR) is 107 cm³/mol. The summed E-state index contributed by atoms with van der Waals surface area (Å²) < 4.78 is 26.2. The molecule has 3 rings (SSSR count). The van der Waals surface area contributed by atoms with Crippen molar-refractivity contribution < 1.29 is 13.2 Å². The number of hydrogen-bond acceptors (Lipinski definition) is 5. The van der Waals surface area contributed by atoms with E-state index in [1.807, 2.05) is 0 Å². The molecule has 2 aromatic carbocycles. The molecule has 2 N–H and O–H groups in total. The molecule has 0 saturated carbocycles. The molecule has 0 fully saturated rings. The fraction of sp³-hybridized carbons (Fsp3) is 0.0588. The molecule has 0 aliphatic carbocycles. The fourth-order valence-corrected chi connectivity index (χ4v) is 5.07. The van der Waals surface area contributed by atoms with Gasteiger partial charge in [0.2, 0.25) is 9.84 Å². The average molecular weight is 442 g/mol. The number of thioether (sulfide) groups is 1. The smallest absolute Gasteiger partial charge is 0.258 e. The molecule has 140 valence electrons. The highest BCUT2D eigenvalue weighted by atomic mass is 35.5. The van der Waals surface area contributed by atoms with Crippen molar-refractivity contribution in [2.24, 2.45) is 0 Å². The molecule has 1 amide bonds. The summed E-state index contributed by atoms with van der Waals surface area (Å²) >= 11 is 13.0. The number of anilines is 1. The monoisotopic (exact) mass is 441 g/mol. The summed E-state index contributed by atoms with van der Waals surface area (Å²) in [6, 6.07) is 12.2. The van der Waals surface area contributed by atoms with Crippen molar-refractivity contribution >= 4 is 56.5 Å². The first kappa shape index (κ1) is 19.8. The molecule has 0 atom stereocenters. The van der Waals surface area contributed by atoms with Crippen molar-refractivity contribution in [3.8, 4) is 0 Å². The quantitative estimate of drug-likeness (QED) is 0.567. The Kier molecular flexibility index (Phi) is 5.81. The van der Waals surface area contributed by atoms with Gasteiger partial charge in [-0.1, -0.05) is 35.3 Å². The normalized spacial score (nSPS) is 11.4. The van der Waals surface area contributed by atoms with E-state index in [0.29, 0.717) is 5.02 Å². The maximum Gasteiger partial charge on any atom is 0.258 e. The zero-order chi connectivity index (χ0) is 19.6. The van der Waals surface area contributed by atoms with E-state index in [1.165, 1.54) is 30.3 Å².